The molecule has 162 valence electrons. The molecule has 31 heavy (non-hydrogen) atoms. The van der Waals surface area contributed by atoms with Gasteiger partial charge in [-0.2, -0.15) is 5.26 Å². The lowest BCUT2D eigenvalue weighted by Crippen LogP contribution is -2.03. The fourth-order valence-corrected chi connectivity index (χ4v) is 4.04. The van der Waals surface area contributed by atoms with Gasteiger partial charge in [-0.05, 0) is 68.5 Å². The Balaban J connectivity index is 1.82. The predicted octanol–water partition coefficient (Wildman–Crippen LogP) is 5.89. The number of benzene rings is 2. The fourth-order valence-electron chi connectivity index (χ4n) is 4.04. The molecule has 1 heterocycles. The number of hydrogen-bond donors (Lipinski definition) is 1. The highest BCUT2D eigenvalue weighted by Crippen LogP contribution is 2.36. The van der Waals surface area contributed by atoms with E-state index in [-0.39, 0.29) is 5.97 Å². The number of unbranched alkanes of at least 4 members (excludes halogenated alkanes) is 3. The molecule has 3 aromatic rings. The lowest BCUT2D eigenvalue weighted by atomic mass is 9.97. The van der Waals surface area contributed by atoms with Gasteiger partial charge in [0.15, 0.2) is 0 Å². The summed E-state index contributed by atoms with van der Waals surface area (Å²) in [5, 5.41) is 10.6. The normalized spacial score (nSPS) is 10.9. The van der Waals surface area contributed by atoms with Gasteiger partial charge in [-0.3, -0.25) is 4.79 Å². The van der Waals surface area contributed by atoms with Crippen LogP contribution in [0.2, 0.25) is 0 Å². The van der Waals surface area contributed by atoms with E-state index in [0.717, 1.165) is 71.1 Å². The van der Waals surface area contributed by atoms with Crippen LogP contribution in [0.1, 0.15) is 55.7 Å². The van der Waals surface area contributed by atoms with E-state index in [4.69, 9.17) is 10.5 Å². The first-order valence-electron chi connectivity index (χ1n) is 11.0. The van der Waals surface area contributed by atoms with E-state index in [9.17, 15) is 10.1 Å². The van der Waals surface area contributed by atoms with Crippen molar-refractivity contribution >= 4 is 22.6 Å². The molecule has 0 aliphatic carbocycles. The number of nitrogens with two attached hydrogens (primary N) is 1. The summed E-state index contributed by atoms with van der Waals surface area (Å²) in [6, 6.07) is 12.4. The van der Waals surface area contributed by atoms with Gasteiger partial charge in [-0.1, -0.05) is 25.0 Å². The average Bonchev–Trinajstić information content (AvgIpc) is 3.09. The summed E-state index contributed by atoms with van der Waals surface area (Å²) in [4.78, 5) is 11.5. The number of esters is 1. The molecule has 0 spiro atoms. The summed E-state index contributed by atoms with van der Waals surface area (Å²) in [5.74, 6) is -0.107. The first-order chi connectivity index (χ1) is 15.0. The molecule has 0 amide bonds. The van der Waals surface area contributed by atoms with Crippen molar-refractivity contribution in [3.05, 3.63) is 53.2 Å². The zero-order valence-electron chi connectivity index (χ0n) is 18.7. The Morgan fingerprint density at radius 3 is 2.65 bits per heavy atom. The van der Waals surface area contributed by atoms with Crippen molar-refractivity contribution in [2.75, 3.05) is 12.3 Å². The van der Waals surface area contributed by atoms with E-state index in [1.165, 1.54) is 0 Å². The molecular weight excluding hydrogens is 386 g/mol. The van der Waals surface area contributed by atoms with E-state index >= 15 is 0 Å². The summed E-state index contributed by atoms with van der Waals surface area (Å²) >= 11 is 0. The Hall–Kier alpha value is -3.26. The van der Waals surface area contributed by atoms with Crippen LogP contribution in [0.5, 0.6) is 0 Å². The fraction of sp³-hybridized carbons (Fsp3) is 0.385. The van der Waals surface area contributed by atoms with Crippen LogP contribution in [-0.4, -0.2) is 17.1 Å². The van der Waals surface area contributed by atoms with Gasteiger partial charge in [0.2, 0.25) is 0 Å². The minimum atomic E-state index is -0.107. The lowest BCUT2D eigenvalue weighted by Gasteiger charge is -2.08. The van der Waals surface area contributed by atoms with E-state index < -0.39 is 0 Å². The van der Waals surface area contributed by atoms with E-state index in [0.29, 0.717) is 18.6 Å². The first kappa shape index (κ1) is 22.4. The zero-order chi connectivity index (χ0) is 22.4. The summed E-state index contributed by atoms with van der Waals surface area (Å²) in [5.41, 5.74) is 13.0. The molecule has 0 saturated heterocycles. The number of anilines is 1. The Morgan fingerprint density at radius 1 is 1.13 bits per heavy atom. The molecule has 5 nitrogen and oxygen atoms in total. The number of nitriles is 1. The highest BCUT2D eigenvalue weighted by atomic mass is 16.5. The molecule has 2 aromatic carbocycles. The third-order valence-corrected chi connectivity index (χ3v) is 5.85. The average molecular weight is 418 g/mol. The summed E-state index contributed by atoms with van der Waals surface area (Å²) in [6.45, 7) is 7.19. The van der Waals surface area contributed by atoms with E-state index in [1.54, 1.807) is 0 Å². The summed E-state index contributed by atoms with van der Waals surface area (Å²) < 4.78 is 7.27. The van der Waals surface area contributed by atoms with Gasteiger partial charge in [0, 0.05) is 41.3 Å². The van der Waals surface area contributed by atoms with Crippen LogP contribution in [0.3, 0.4) is 0 Å². The van der Waals surface area contributed by atoms with Crippen LogP contribution in [0.15, 0.2) is 36.5 Å². The highest BCUT2D eigenvalue weighted by Gasteiger charge is 2.15. The van der Waals surface area contributed by atoms with Gasteiger partial charge in [0.1, 0.15) is 0 Å². The molecule has 0 fully saturated rings. The Kier molecular flexibility index (Phi) is 7.36. The molecule has 0 saturated carbocycles. The highest BCUT2D eigenvalue weighted by molar-refractivity contribution is 5.98. The summed E-state index contributed by atoms with van der Waals surface area (Å²) in [6.07, 6.45) is 6.64. The molecule has 0 aliphatic rings. The second-order valence-corrected chi connectivity index (χ2v) is 8.02. The minimum absolute atomic E-state index is 0.107. The number of ether oxygens (including phenoxy) is 1. The van der Waals surface area contributed by atoms with Crippen LogP contribution in [0, 0.1) is 25.2 Å². The number of carbonyl (C=O) groups is 1. The SMILES string of the molecule is CCOC(=O)CCCCCCn1cc(-c2cccc(N)c2C)c2cc(C#N)c(C)cc21. The van der Waals surface area contributed by atoms with Crippen molar-refractivity contribution in [2.45, 2.75) is 59.4 Å². The van der Waals surface area contributed by atoms with Crippen LogP contribution >= 0.6 is 0 Å². The number of nitrogen functional groups attached to an aromatic ring is 1. The standard InChI is InChI=1S/C26H31N3O2/c1-4-31-26(30)12-7-5-6-8-13-29-17-23(21-10-9-11-24(28)19(21)3)22-15-20(16-27)18(2)14-25(22)29/h9-11,14-15,17H,4-8,12-13,28H2,1-3H3. The molecule has 0 unspecified atom stereocenters. The van der Waals surface area contributed by atoms with Crippen LogP contribution in [0.4, 0.5) is 5.69 Å². The zero-order valence-corrected chi connectivity index (χ0v) is 18.7. The maximum absolute atomic E-state index is 11.5. The van der Waals surface area contributed by atoms with E-state index in [2.05, 4.69) is 29.0 Å². The molecule has 2 N–H and O–H groups in total. The number of aromatic nitrogens is 1. The third-order valence-electron chi connectivity index (χ3n) is 5.85. The van der Waals surface area contributed by atoms with Crippen molar-refractivity contribution in [1.82, 2.24) is 4.57 Å². The Bertz CT molecular complexity index is 1120. The Morgan fingerprint density at radius 2 is 1.90 bits per heavy atom. The molecule has 0 radical (unpaired) electrons. The van der Waals surface area contributed by atoms with Crippen molar-refractivity contribution in [3.63, 3.8) is 0 Å². The van der Waals surface area contributed by atoms with Gasteiger partial charge in [-0.25, -0.2) is 0 Å². The molecule has 0 bridgehead atoms. The van der Waals surface area contributed by atoms with Crippen molar-refractivity contribution in [3.8, 4) is 17.2 Å². The van der Waals surface area contributed by atoms with E-state index in [1.807, 2.05) is 39.0 Å². The third kappa shape index (κ3) is 5.08. The van der Waals surface area contributed by atoms with Gasteiger partial charge < -0.3 is 15.0 Å². The van der Waals surface area contributed by atoms with Crippen molar-refractivity contribution in [2.24, 2.45) is 0 Å². The number of rotatable bonds is 9. The number of fused-ring (bicyclic) bond motifs is 1. The topological polar surface area (TPSA) is 81.0 Å². The molecule has 5 heteroatoms. The number of nitrogens with zero attached hydrogens (tertiary/aromatic N) is 2. The van der Waals surface area contributed by atoms with Gasteiger partial charge in [0.05, 0.1) is 18.2 Å². The predicted molar refractivity (Wildman–Crippen MR) is 126 cm³/mol. The molecule has 0 aliphatic heterocycles. The van der Waals surface area contributed by atoms with Crippen molar-refractivity contribution < 1.29 is 9.53 Å². The van der Waals surface area contributed by atoms with Crippen LogP contribution < -0.4 is 5.73 Å². The monoisotopic (exact) mass is 417 g/mol. The van der Waals surface area contributed by atoms with Gasteiger partial charge >= 0.3 is 5.97 Å². The van der Waals surface area contributed by atoms with Gasteiger partial charge in [0.25, 0.3) is 0 Å². The molecular formula is C26H31N3O2. The smallest absolute Gasteiger partial charge is 0.305 e. The van der Waals surface area contributed by atoms with Crippen LogP contribution in [-0.2, 0) is 16.1 Å². The number of carbonyl (C=O) groups excluding carboxylic acids is 1. The largest absolute Gasteiger partial charge is 0.466 e. The molecule has 3 rings (SSSR count). The van der Waals surface area contributed by atoms with Gasteiger partial charge in [-0.15, -0.1) is 0 Å². The summed E-state index contributed by atoms with van der Waals surface area (Å²) in [7, 11) is 0. The maximum atomic E-state index is 11.5. The lowest BCUT2D eigenvalue weighted by molar-refractivity contribution is -0.143. The Labute approximate surface area is 184 Å². The van der Waals surface area contributed by atoms with Crippen LogP contribution in [0.25, 0.3) is 22.0 Å². The first-order valence-corrected chi connectivity index (χ1v) is 11.0. The second kappa shape index (κ2) is 10.2. The number of aryl methyl sites for hydroxylation is 2. The second-order valence-electron chi connectivity index (χ2n) is 8.02. The minimum Gasteiger partial charge on any atom is -0.466 e. The van der Waals surface area contributed by atoms with Crippen molar-refractivity contribution in [1.29, 1.82) is 5.26 Å². The molecule has 0 atom stereocenters. The quantitative estimate of drug-likeness (QED) is 0.267. The number of hydrogen-bond acceptors (Lipinski definition) is 4. The maximum Gasteiger partial charge on any atom is 0.305 e. The molecule has 1 aromatic heterocycles.